The summed E-state index contributed by atoms with van der Waals surface area (Å²) in [5, 5.41) is 5.46. The Balaban J connectivity index is 1.85. The van der Waals surface area contributed by atoms with Crippen molar-refractivity contribution in [1.29, 1.82) is 0 Å². The van der Waals surface area contributed by atoms with Crippen LogP contribution in [0.5, 0.6) is 5.75 Å². The van der Waals surface area contributed by atoms with Crippen LogP contribution in [-0.4, -0.2) is 33.4 Å². The Hall–Kier alpha value is -2.15. The second kappa shape index (κ2) is 8.69. The van der Waals surface area contributed by atoms with Crippen LogP contribution in [0.2, 0.25) is 5.02 Å². The highest BCUT2D eigenvalue weighted by molar-refractivity contribution is 7.71. The summed E-state index contributed by atoms with van der Waals surface area (Å²) < 4.78 is 10.1. The Bertz CT molecular complexity index is 968. The highest BCUT2D eigenvalue weighted by atomic mass is 35.5. The average Bonchev–Trinajstić information content (AvgIpc) is 2.98. The Morgan fingerprint density at radius 2 is 1.93 bits per heavy atom. The lowest BCUT2D eigenvalue weighted by molar-refractivity contribution is 0.240. The largest absolute Gasteiger partial charge is 0.496 e. The number of benzene rings is 2. The molecule has 2 aromatic carbocycles. The predicted octanol–water partition coefficient (Wildman–Crippen LogP) is 4.85. The van der Waals surface area contributed by atoms with E-state index in [-0.39, 0.29) is 0 Å². The van der Waals surface area contributed by atoms with Crippen LogP contribution < -0.4 is 4.74 Å². The topological polar surface area (TPSA) is 35.2 Å². The van der Waals surface area contributed by atoms with E-state index in [1.807, 2.05) is 60.3 Å². The molecule has 0 N–H and O–H groups in total. The van der Waals surface area contributed by atoms with Crippen LogP contribution in [0.15, 0.2) is 48.5 Å². The molecule has 0 unspecified atom stereocenters. The third-order valence-corrected chi connectivity index (χ3v) is 5.00. The Morgan fingerprint density at radius 3 is 2.59 bits per heavy atom. The molecule has 0 fully saturated rings. The fraction of sp³-hybridized carbons (Fsp3) is 0.300. The number of nitrogens with zero attached hydrogens (tertiary/aromatic N) is 4. The Morgan fingerprint density at radius 1 is 1.19 bits per heavy atom. The molecule has 5 nitrogen and oxygen atoms in total. The molecule has 142 valence electrons. The third kappa shape index (κ3) is 4.40. The summed E-state index contributed by atoms with van der Waals surface area (Å²) in [5.41, 5.74) is 2.08. The van der Waals surface area contributed by atoms with Crippen LogP contribution in [0.4, 0.5) is 0 Å². The first-order valence-electron chi connectivity index (χ1n) is 8.77. The minimum absolute atomic E-state index is 0.571. The van der Waals surface area contributed by atoms with Gasteiger partial charge in [0.05, 0.1) is 13.8 Å². The summed E-state index contributed by atoms with van der Waals surface area (Å²) in [6.07, 6.45) is 0. The molecule has 0 saturated carbocycles. The van der Waals surface area contributed by atoms with E-state index in [1.165, 1.54) is 0 Å². The van der Waals surface area contributed by atoms with Crippen molar-refractivity contribution in [3.8, 4) is 17.1 Å². The summed E-state index contributed by atoms with van der Waals surface area (Å²) >= 11 is 11.8. The molecule has 0 bridgehead atoms. The van der Waals surface area contributed by atoms with Gasteiger partial charge in [-0.25, -0.2) is 4.68 Å². The van der Waals surface area contributed by atoms with Crippen molar-refractivity contribution in [1.82, 2.24) is 19.2 Å². The predicted molar refractivity (Wildman–Crippen MR) is 112 cm³/mol. The molecule has 0 aliphatic heterocycles. The van der Waals surface area contributed by atoms with Crippen LogP contribution in [0.1, 0.15) is 12.5 Å². The normalized spacial score (nSPS) is 11.1. The van der Waals surface area contributed by atoms with E-state index in [0.29, 0.717) is 23.0 Å². The molecule has 27 heavy (non-hydrogen) atoms. The Kier molecular flexibility index (Phi) is 6.31. The van der Waals surface area contributed by atoms with Gasteiger partial charge in [-0.05, 0) is 44.4 Å². The van der Waals surface area contributed by atoms with Gasteiger partial charge < -0.3 is 9.30 Å². The van der Waals surface area contributed by atoms with E-state index in [2.05, 4.69) is 16.4 Å². The van der Waals surface area contributed by atoms with Gasteiger partial charge in [0.2, 0.25) is 0 Å². The zero-order valence-electron chi connectivity index (χ0n) is 15.7. The van der Waals surface area contributed by atoms with Gasteiger partial charge in [0.15, 0.2) is 10.6 Å². The van der Waals surface area contributed by atoms with E-state index < -0.39 is 0 Å². The van der Waals surface area contributed by atoms with Crippen LogP contribution in [0, 0.1) is 4.77 Å². The molecule has 3 aromatic rings. The monoisotopic (exact) mass is 402 g/mol. The summed E-state index contributed by atoms with van der Waals surface area (Å²) in [6, 6.07) is 15.8. The minimum atomic E-state index is 0.571. The zero-order valence-corrected chi connectivity index (χ0v) is 17.3. The molecule has 0 aliphatic rings. The van der Waals surface area contributed by atoms with E-state index in [4.69, 9.17) is 33.7 Å². The fourth-order valence-electron chi connectivity index (χ4n) is 3.06. The van der Waals surface area contributed by atoms with Gasteiger partial charge >= 0.3 is 0 Å². The zero-order chi connectivity index (χ0) is 19.4. The van der Waals surface area contributed by atoms with Crippen LogP contribution in [0.3, 0.4) is 0 Å². The van der Waals surface area contributed by atoms with Crippen LogP contribution in [-0.2, 0) is 19.8 Å². The smallest absolute Gasteiger partial charge is 0.199 e. The summed E-state index contributed by atoms with van der Waals surface area (Å²) in [6.45, 7) is 4.09. The van der Waals surface area contributed by atoms with Gasteiger partial charge in [-0.2, -0.15) is 5.10 Å². The number of hydrogen-bond acceptors (Lipinski definition) is 4. The second-order valence-electron chi connectivity index (χ2n) is 6.33. The first-order chi connectivity index (χ1) is 13.0. The molecule has 3 rings (SSSR count). The molecular weight excluding hydrogens is 380 g/mol. The molecule has 1 aromatic heterocycles. The lowest BCUT2D eigenvalue weighted by Gasteiger charge is -2.18. The highest BCUT2D eigenvalue weighted by Gasteiger charge is 2.14. The standard InChI is InChI=1S/C20H23ClN4OS/c1-4-24-19(15-8-6-5-7-9-15)22-25(20(24)27)14-23(2)13-16-12-17(21)10-11-18(16)26-3/h5-12H,4,13-14H2,1-3H3. The number of ether oxygens (including phenoxy) is 1. The molecule has 0 saturated heterocycles. The van der Waals surface area contributed by atoms with Crippen molar-refractivity contribution in [3.05, 3.63) is 63.9 Å². The van der Waals surface area contributed by atoms with Gasteiger partial charge in [0.25, 0.3) is 0 Å². The van der Waals surface area contributed by atoms with Crippen LogP contribution in [0.25, 0.3) is 11.4 Å². The number of aromatic nitrogens is 3. The third-order valence-electron chi connectivity index (χ3n) is 4.33. The molecule has 0 radical (unpaired) electrons. The highest BCUT2D eigenvalue weighted by Crippen LogP contribution is 2.24. The summed E-state index contributed by atoms with van der Waals surface area (Å²) in [5.74, 6) is 1.70. The Labute approximate surface area is 169 Å². The van der Waals surface area contributed by atoms with Crippen molar-refractivity contribution in [2.75, 3.05) is 14.2 Å². The summed E-state index contributed by atoms with van der Waals surface area (Å²) in [7, 11) is 3.69. The number of hydrogen-bond donors (Lipinski definition) is 0. The molecule has 7 heteroatoms. The average molecular weight is 403 g/mol. The van der Waals surface area contributed by atoms with E-state index in [9.17, 15) is 0 Å². The first kappa shape index (κ1) is 19.6. The lowest BCUT2D eigenvalue weighted by atomic mass is 10.2. The molecule has 0 amide bonds. The lowest BCUT2D eigenvalue weighted by Crippen LogP contribution is -2.23. The SMILES string of the molecule is CCn1c(-c2ccccc2)nn(CN(C)Cc2cc(Cl)ccc2OC)c1=S. The fourth-order valence-corrected chi connectivity index (χ4v) is 3.57. The van der Waals surface area contributed by atoms with Crippen LogP contribution >= 0.6 is 23.8 Å². The van der Waals surface area contributed by atoms with Crippen molar-refractivity contribution in [3.63, 3.8) is 0 Å². The van der Waals surface area contributed by atoms with Gasteiger partial charge in [0.1, 0.15) is 5.75 Å². The quantitative estimate of drug-likeness (QED) is 0.529. The van der Waals surface area contributed by atoms with Crippen molar-refractivity contribution < 1.29 is 4.74 Å². The van der Waals surface area contributed by atoms with Crippen molar-refractivity contribution in [2.45, 2.75) is 26.7 Å². The molecule has 0 atom stereocenters. The van der Waals surface area contributed by atoms with Crippen molar-refractivity contribution >= 4 is 23.8 Å². The van der Waals surface area contributed by atoms with Gasteiger partial charge in [-0.15, -0.1) is 0 Å². The molecule has 0 aliphatic carbocycles. The van der Waals surface area contributed by atoms with Crippen molar-refractivity contribution in [2.24, 2.45) is 0 Å². The molecule has 1 heterocycles. The first-order valence-corrected chi connectivity index (χ1v) is 9.56. The van der Waals surface area contributed by atoms with E-state index in [1.54, 1.807) is 7.11 Å². The number of halogens is 1. The summed E-state index contributed by atoms with van der Waals surface area (Å²) in [4.78, 5) is 2.13. The maximum Gasteiger partial charge on any atom is 0.199 e. The minimum Gasteiger partial charge on any atom is -0.496 e. The van der Waals surface area contributed by atoms with E-state index in [0.717, 1.165) is 29.2 Å². The number of rotatable bonds is 7. The van der Waals surface area contributed by atoms with Gasteiger partial charge in [-0.3, -0.25) is 4.90 Å². The van der Waals surface area contributed by atoms with E-state index >= 15 is 0 Å². The maximum atomic E-state index is 6.14. The second-order valence-corrected chi connectivity index (χ2v) is 7.13. The van der Waals surface area contributed by atoms with Gasteiger partial charge in [0, 0.05) is 29.2 Å². The maximum absolute atomic E-state index is 6.14. The van der Waals surface area contributed by atoms with Gasteiger partial charge in [-0.1, -0.05) is 41.9 Å². The number of methoxy groups -OCH3 is 1. The molecule has 0 spiro atoms. The molecular formula is C20H23ClN4OS.